The zero-order chi connectivity index (χ0) is 18.8. The van der Waals surface area contributed by atoms with Crippen molar-refractivity contribution < 1.29 is 14.3 Å². The Morgan fingerprint density at radius 3 is 2.58 bits per heavy atom. The van der Waals surface area contributed by atoms with Crippen LogP contribution in [0.25, 0.3) is 10.8 Å². The van der Waals surface area contributed by atoms with Gasteiger partial charge in [0.1, 0.15) is 15.9 Å². The molecule has 26 heavy (non-hydrogen) atoms. The number of hydrogen-bond acceptors (Lipinski definition) is 5. The van der Waals surface area contributed by atoms with Gasteiger partial charge in [0.25, 0.3) is 5.91 Å². The molecule has 3 aromatic rings. The van der Waals surface area contributed by atoms with E-state index >= 15 is 0 Å². The first-order valence-electron chi connectivity index (χ1n) is 7.58. The number of methoxy groups -OCH3 is 1. The number of halogens is 1. The first-order valence-corrected chi connectivity index (χ1v) is 8.77. The van der Waals surface area contributed by atoms with Crippen LogP contribution in [0.3, 0.4) is 0 Å². The van der Waals surface area contributed by atoms with Crippen LogP contribution in [-0.2, 0) is 4.74 Å². The largest absolute Gasteiger partial charge is 0.465 e. The smallest absolute Gasteiger partial charge is 0.348 e. The minimum absolute atomic E-state index is 0.252. The van der Waals surface area contributed by atoms with Crippen LogP contribution in [0.4, 0.5) is 5.00 Å². The highest BCUT2D eigenvalue weighted by Gasteiger charge is 2.22. The van der Waals surface area contributed by atoms with E-state index in [0.717, 1.165) is 16.7 Å². The Balaban J connectivity index is 2.03. The van der Waals surface area contributed by atoms with Gasteiger partial charge in [0, 0.05) is 16.0 Å². The van der Waals surface area contributed by atoms with Crippen LogP contribution in [0.1, 0.15) is 31.2 Å². The predicted molar refractivity (Wildman–Crippen MR) is 102 cm³/mol. The summed E-state index contributed by atoms with van der Waals surface area (Å²) in [6.07, 6.45) is 0. The summed E-state index contributed by atoms with van der Waals surface area (Å²) in [4.78, 5) is 24.9. The number of fused-ring (bicyclic) bond motifs is 1. The van der Waals surface area contributed by atoms with Gasteiger partial charge in [0.2, 0.25) is 0 Å². The SMILES string of the molecule is COC(=O)c1sc(NC(=O)c2cccc3c(Cl)cccc23)c(C#N)c1C. The Bertz CT molecular complexity index is 1080. The van der Waals surface area contributed by atoms with Crippen molar-refractivity contribution in [1.29, 1.82) is 5.26 Å². The third-order valence-electron chi connectivity index (χ3n) is 3.97. The summed E-state index contributed by atoms with van der Waals surface area (Å²) in [6.45, 7) is 1.65. The molecular formula is C19H13ClN2O3S. The number of nitrogens with one attached hydrogen (secondary N) is 1. The number of esters is 1. The molecule has 7 heteroatoms. The normalized spacial score (nSPS) is 10.4. The van der Waals surface area contributed by atoms with Gasteiger partial charge in [-0.2, -0.15) is 5.26 Å². The van der Waals surface area contributed by atoms with E-state index in [9.17, 15) is 14.9 Å². The lowest BCUT2D eigenvalue weighted by atomic mass is 10.0. The predicted octanol–water partition coefficient (Wildman–Crippen LogP) is 4.77. The number of anilines is 1. The number of carbonyl (C=O) groups excluding carboxylic acids is 2. The van der Waals surface area contributed by atoms with Gasteiger partial charge in [-0.15, -0.1) is 11.3 Å². The van der Waals surface area contributed by atoms with Gasteiger partial charge in [0.15, 0.2) is 0 Å². The number of thiophene rings is 1. The summed E-state index contributed by atoms with van der Waals surface area (Å²) >= 11 is 7.21. The Labute approximate surface area is 158 Å². The second-order valence-electron chi connectivity index (χ2n) is 5.46. The van der Waals surface area contributed by atoms with Crippen molar-refractivity contribution in [2.45, 2.75) is 6.92 Å². The van der Waals surface area contributed by atoms with Crippen LogP contribution in [0, 0.1) is 18.3 Å². The number of nitriles is 1. The molecule has 3 rings (SSSR count). The fourth-order valence-corrected chi connectivity index (χ4v) is 3.97. The Morgan fingerprint density at radius 2 is 1.88 bits per heavy atom. The number of hydrogen-bond donors (Lipinski definition) is 1. The van der Waals surface area contributed by atoms with Crippen molar-refractivity contribution in [2.75, 3.05) is 12.4 Å². The van der Waals surface area contributed by atoms with Crippen LogP contribution in [0.15, 0.2) is 36.4 Å². The second kappa shape index (κ2) is 7.16. The number of rotatable bonds is 3. The first-order chi connectivity index (χ1) is 12.5. The third kappa shape index (κ3) is 3.03. The summed E-state index contributed by atoms with van der Waals surface area (Å²) in [5, 5.41) is 14.5. The summed E-state index contributed by atoms with van der Waals surface area (Å²) < 4.78 is 4.73. The van der Waals surface area contributed by atoms with Gasteiger partial charge in [0.05, 0.1) is 12.7 Å². The lowest BCUT2D eigenvalue weighted by molar-refractivity contribution is 0.0605. The van der Waals surface area contributed by atoms with Gasteiger partial charge in [-0.05, 0) is 30.0 Å². The van der Waals surface area contributed by atoms with Crippen LogP contribution in [-0.4, -0.2) is 19.0 Å². The van der Waals surface area contributed by atoms with Gasteiger partial charge in [-0.25, -0.2) is 4.79 Å². The highest BCUT2D eigenvalue weighted by atomic mass is 35.5. The molecule has 0 bridgehead atoms. The zero-order valence-electron chi connectivity index (χ0n) is 13.9. The number of carbonyl (C=O) groups is 2. The van der Waals surface area contributed by atoms with E-state index in [2.05, 4.69) is 5.32 Å². The fourth-order valence-electron chi connectivity index (χ4n) is 2.66. The van der Waals surface area contributed by atoms with Crippen molar-refractivity contribution in [3.05, 3.63) is 63.0 Å². The quantitative estimate of drug-likeness (QED) is 0.659. The van der Waals surface area contributed by atoms with E-state index in [1.165, 1.54) is 7.11 Å². The molecule has 1 N–H and O–H groups in total. The fraction of sp³-hybridized carbons (Fsp3) is 0.105. The topological polar surface area (TPSA) is 79.2 Å². The van der Waals surface area contributed by atoms with Gasteiger partial charge in [-0.1, -0.05) is 35.9 Å². The van der Waals surface area contributed by atoms with E-state index in [0.29, 0.717) is 31.4 Å². The molecule has 0 spiro atoms. The van der Waals surface area contributed by atoms with Crippen LogP contribution in [0.2, 0.25) is 5.02 Å². The summed E-state index contributed by atoms with van der Waals surface area (Å²) in [5.74, 6) is -0.923. The molecule has 0 saturated heterocycles. The molecule has 0 aliphatic heterocycles. The molecule has 0 aliphatic carbocycles. The molecular weight excluding hydrogens is 372 g/mol. The molecule has 2 aromatic carbocycles. The van der Waals surface area contributed by atoms with E-state index < -0.39 is 5.97 Å². The van der Waals surface area contributed by atoms with Gasteiger partial charge < -0.3 is 10.1 Å². The number of nitrogens with zero attached hydrogens (tertiary/aromatic N) is 1. The molecule has 1 amide bonds. The summed E-state index contributed by atoms with van der Waals surface area (Å²) in [7, 11) is 1.27. The average molecular weight is 385 g/mol. The molecule has 0 fully saturated rings. The van der Waals surface area contributed by atoms with Crippen molar-refractivity contribution >= 4 is 50.6 Å². The van der Waals surface area contributed by atoms with Crippen molar-refractivity contribution in [1.82, 2.24) is 0 Å². The molecule has 0 unspecified atom stereocenters. The maximum absolute atomic E-state index is 12.8. The van der Waals surface area contributed by atoms with Crippen LogP contribution in [0.5, 0.6) is 0 Å². The molecule has 1 heterocycles. The number of benzene rings is 2. The highest BCUT2D eigenvalue weighted by Crippen LogP contribution is 2.34. The molecule has 5 nitrogen and oxygen atoms in total. The van der Waals surface area contributed by atoms with Crippen molar-refractivity contribution in [2.24, 2.45) is 0 Å². The van der Waals surface area contributed by atoms with E-state index in [1.807, 2.05) is 12.1 Å². The minimum atomic E-state index is -0.540. The molecule has 1 aromatic heterocycles. The molecule has 0 saturated carbocycles. The Kier molecular flexibility index (Phi) is 4.94. The summed E-state index contributed by atoms with van der Waals surface area (Å²) in [6, 6.07) is 12.6. The van der Waals surface area contributed by atoms with E-state index in [-0.39, 0.29) is 11.5 Å². The second-order valence-corrected chi connectivity index (χ2v) is 6.89. The average Bonchev–Trinajstić information content (AvgIpc) is 2.96. The van der Waals surface area contributed by atoms with Crippen LogP contribution >= 0.6 is 22.9 Å². The number of ether oxygens (including phenoxy) is 1. The lowest BCUT2D eigenvalue weighted by Gasteiger charge is -2.08. The molecule has 0 atom stereocenters. The highest BCUT2D eigenvalue weighted by molar-refractivity contribution is 7.18. The lowest BCUT2D eigenvalue weighted by Crippen LogP contribution is -2.12. The minimum Gasteiger partial charge on any atom is -0.465 e. The monoisotopic (exact) mass is 384 g/mol. The van der Waals surface area contributed by atoms with Gasteiger partial charge >= 0.3 is 5.97 Å². The maximum atomic E-state index is 12.8. The van der Waals surface area contributed by atoms with E-state index in [4.69, 9.17) is 16.3 Å². The maximum Gasteiger partial charge on any atom is 0.348 e. The van der Waals surface area contributed by atoms with Gasteiger partial charge in [-0.3, -0.25) is 4.79 Å². The van der Waals surface area contributed by atoms with Crippen LogP contribution < -0.4 is 5.32 Å². The number of amides is 1. The summed E-state index contributed by atoms with van der Waals surface area (Å²) in [5.41, 5.74) is 1.17. The standard InChI is InChI=1S/C19H13ClN2O3S/c1-10-14(9-21)18(26-16(10)19(24)25-2)22-17(23)13-7-3-6-12-11(13)5-4-8-15(12)20/h3-8H,1-2H3,(H,22,23). The molecule has 0 aliphatic rings. The molecule has 130 valence electrons. The first kappa shape index (κ1) is 17.9. The van der Waals surface area contributed by atoms with E-state index in [1.54, 1.807) is 37.3 Å². The third-order valence-corrected chi connectivity index (χ3v) is 5.49. The Hall–Kier alpha value is -2.88. The van der Waals surface area contributed by atoms with Crippen molar-refractivity contribution in [3.8, 4) is 6.07 Å². The Morgan fingerprint density at radius 1 is 1.19 bits per heavy atom. The van der Waals surface area contributed by atoms with Crippen molar-refractivity contribution in [3.63, 3.8) is 0 Å². The zero-order valence-corrected chi connectivity index (χ0v) is 15.5. The molecule has 0 radical (unpaired) electrons.